The van der Waals surface area contributed by atoms with Crippen LogP contribution in [0.15, 0.2) is 17.1 Å². The predicted molar refractivity (Wildman–Crippen MR) is 71.7 cm³/mol. The van der Waals surface area contributed by atoms with Crippen LogP contribution < -0.4 is 0 Å². The summed E-state index contributed by atoms with van der Waals surface area (Å²) in [6.45, 7) is 0. The highest BCUT2D eigenvalue weighted by atomic mass is 32.2. The van der Waals surface area contributed by atoms with Crippen LogP contribution in [0.3, 0.4) is 0 Å². The number of rotatable bonds is 2. The molecule has 0 saturated carbocycles. The van der Waals surface area contributed by atoms with Crippen molar-refractivity contribution >= 4 is 44.3 Å². The number of hydrogen-bond donors (Lipinski definition) is 2. The first kappa shape index (κ1) is 12.4. The number of phenolic OH excluding ortho intramolecular Hbond substituents is 1. The third-order valence-electron chi connectivity index (χ3n) is 2.58. The molecule has 0 saturated heterocycles. The Morgan fingerprint density at radius 1 is 1.47 bits per heavy atom. The standard InChI is InChI=1S/C11H7FN2O3S2/c12-4-1-5-8(2-7(4)15)19-10(13-5)9-14-6(3-18-9)11(16)17/h1-2,6,15H,3H2,(H,16,17)/t6-/m0/s1. The van der Waals surface area contributed by atoms with Crippen molar-refractivity contribution in [1.82, 2.24) is 4.98 Å². The smallest absolute Gasteiger partial charge is 0.329 e. The van der Waals surface area contributed by atoms with Gasteiger partial charge in [-0.25, -0.2) is 14.2 Å². The summed E-state index contributed by atoms with van der Waals surface area (Å²) < 4.78 is 13.8. The zero-order chi connectivity index (χ0) is 13.6. The number of halogens is 1. The van der Waals surface area contributed by atoms with Gasteiger partial charge in [-0.1, -0.05) is 0 Å². The normalized spacial score (nSPS) is 18.8. The molecule has 0 amide bonds. The molecule has 2 N–H and O–H groups in total. The van der Waals surface area contributed by atoms with E-state index in [1.165, 1.54) is 29.2 Å². The molecular formula is C11H7FN2O3S2. The highest BCUT2D eigenvalue weighted by molar-refractivity contribution is 8.15. The third-order valence-corrected chi connectivity index (χ3v) is 4.78. The first-order valence-corrected chi connectivity index (χ1v) is 7.07. The Bertz CT molecular complexity index is 674. The Morgan fingerprint density at radius 3 is 2.95 bits per heavy atom. The Morgan fingerprint density at radius 2 is 2.26 bits per heavy atom. The van der Waals surface area contributed by atoms with E-state index in [0.29, 0.717) is 26.0 Å². The molecule has 1 aromatic heterocycles. The van der Waals surface area contributed by atoms with Crippen molar-refractivity contribution in [2.24, 2.45) is 4.99 Å². The average molecular weight is 298 g/mol. The molecule has 0 unspecified atom stereocenters. The minimum atomic E-state index is -0.965. The number of thioether (sulfide) groups is 1. The third kappa shape index (κ3) is 2.17. The van der Waals surface area contributed by atoms with Crippen LogP contribution in [-0.2, 0) is 4.79 Å². The van der Waals surface area contributed by atoms with Crippen molar-refractivity contribution < 1.29 is 19.4 Å². The summed E-state index contributed by atoms with van der Waals surface area (Å²) >= 11 is 2.57. The summed E-state index contributed by atoms with van der Waals surface area (Å²) in [7, 11) is 0. The van der Waals surface area contributed by atoms with Crippen LogP contribution in [0.25, 0.3) is 10.2 Å². The number of thiazole rings is 1. The molecule has 0 aliphatic carbocycles. The van der Waals surface area contributed by atoms with Crippen molar-refractivity contribution in [3.05, 3.63) is 23.0 Å². The number of phenols is 1. The van der Waals surface area contributed by atoms with E-state index >= 15 is 0 Å². The maximum Gasteiger partial charge on any atom is 0.329 e. The lowest BCUT2D eigenvalue weighted by molar-refractivity contribution is -0.137. The lowest BCUT2D eigenvalue weighted by Gasteiger charge is -1.93. The van der Waals surface area contributed by atoms with Gasteiger partial charge < -0.3 is 10.2 Å². The second-order valence-corrected chi connectivity index (χ2v) is 5.93. The summed E-state index contributed by atoms with van der Waals surface area (Å²) in [4.78, 5) is 19.1. The number of aliphatic imine (C=N–C) groups is 1. The van der Waals surface area contributed by atoms with Gasteiger partial charge in [0.15, 0.2) is 17.6 Å². The number of nitrogens with zero attached hydrogens (tertiary/aromatic N) is 2. The predicted octanol–water partition coefficient (Wildman–Crippen LogP) is 2.09. The maximum absolute atomic E-state index is 13.2. The molecular weight excluding hydrogens is 291 g/mol. The van der Waals surface area contributed by atoms with Gasteiger partial charge in [-0.2, -0.15) is 0 Å². The van der Waals surface area contributed by atoms with Gasteiger partial charge in [-0.3, -0.25) is 4.99 Å². The van der Waals surface area contributed by atoms with E-state index in [0.717, 1.165) is 6.07 Å². The van der Waals surface area contributed by atoms with Gasteiger partial charge >= 0.3 is 5.97 Å². The van der Waals surface area contributed by atoms with E-state index in [4.69, 9.17) is 5.11 Å². The second-order valence-electron chi connectivity index (χ2n) is 3.89. The van der Waals surface area contributed by atoms with E-state index in [2.05, 4.69) is 9.98 Å². The number of carbonyl (C=O) groups is 1. The summed E-state index contributed by atoms with van der Waals surface area (Å²) in [5.41, 5.74) is 0.428. The number of aromatic nitrogens is 1. The molecule has 19 heavy (non-hydrogen) atoms. The van der Waals surface area contributed by atoms with Gasteiger partial charge in [0.05, 0.1) is 10.2 Å². The monoisotopic (exact) mass is 298 g/mol. The Kier molecular flexibility index (Phi) is 2.90. The molecule has 2 heterocycles. The molecule has 98 valence electrons. The van der Waals surface area contributed by atoms with E-state index in [9.17, 15) is 14.3 Å². The zero-order valence-corrected chi connectivity index (χ0v) is 11.0. The van der Waals surface area contributed by atoms with E-state index in [1.807, 2.05) is 0 Å². The Balaban J connectivity index is 2.03. The number of carboxylic acid groups (broad SMARTS) is 1. The zero-order valence-electron chi connectivity index (χ0n) is 9.33. The van der Waals surface area contributed by atoms with Crippen molar-refractivity contribution in [3.63, 3.8) is 0 Å². The molecule has 1 atom stereocenters. The van der Waals surface area contributed by atoms with Gasteiger partial charge in [0.1, 0.15) is 10.1 Å². The van der Waals surface area contributed by atoms with Crippen molar-refractivity contribution in [1.29, 1.82) is 0 Å². The molecule has 1 aromatic carbocycles. The van der Waals surface area contributed by atoms with Gasteiger partial charge in [-0.05, 0) is 0 Å². The molecule has 0 fully saturated rings. The molecule has 0 radical (unpaired) electrons. The molecule has 5 nitrogen and oxygen atoms in total. The fraction of sp³-hybridized carbons (Fsp3) is 0.182. The first-order valence-electron chi connectivity index (χ1n) is 5.27. The lowest BCUT2D eigenvalue weighted by Crippen LogP contribution is -2.17. The highest BCUT2D eigenvalue weighted by Crippen LogP contribution is 2.32. The van der Waals surface area contributed by atoms with Gasteiger partial charge in [0.2, 0.25) is 0 Å². The maximum atomic E-state index is 13.2. The van der Waals surface area contributed by atoms with Crippen molar-refractivity contribution in [2.45, 2.75) is 6.04 Å². The number of aliphatic carboxylic acids is 1. The van der Waals surface area contributed by atoms with E-state index in [-0.39, 0.29) is 0 Å². The number of benzene rings is 1. The lowest BCUT2D eigenvalue weighted by atomic mass is 10.3. The van der Waals surface area contributed by atoms with Crippen LogP contribution in [0.5, 0.6) is 5.75 Å². The molecule has 2 aromatic rings. The van der Waals surface area contributed by atoms with Crippen molar-refractivity contribution in [2.75, 3.05) is 5.75 Å². The second kappa shape index (κ2) is 4.46. The van der Waals surface area contributed by atoms with Gasteiger partial charge in [0, 0.05) is 17.9 Å². The van der Waals surface area contributed by atoms with Crippen LogP contribution in [-0.4, -0.2) is 38.0 Å². The summed E-state index contributed by atoms with van der Waals surface area (Å²) in [6, 6.07) is 1.71. The number of hydrogen-bond acceptors (Lipinski definition) is 6. The number of aromatic hydroxyl groups is 1. The fourth-order valence-electron chi connectivity index (χ4n) is 1.65. The van der Waals surface area contributed by atoms with Gasteiger partial charge in [0.25, 0.3) is 0 Å². The summed E-state index contributed by atoms with van der Waals surface area (Å²) in [6.07, 6.45) is 0. The quantitative estimate of drug-likeness (QED) is 0.887. The molecule has 0 spiro atoms. The van der Waals surface area contributed by atoms with Crippen LogP contribution >= 0.6 is 23.1 Å². The Hall–Kier alpha value is -1.67. The molecule has 3 rings (SSSR count). The van der Waals surface area contributed by atoms with Crippen molar-refractivity contribution in [3.8, 4) is 5.75 Å². The minimum absolute atomic E-state index is 0.375. The van der Waals surface area contributed by atoms with Crippen LogP contribution in [0.1, 0.15) is 5.01 Å². The minimum Gasteiger partial charge on any atom is -0.505 e. The molecule has 1 aliphatic heterocycles. The largest absolute Gasteiger partial charge is 0.505 e. The molecule has 1 aliphatic rings. The van der Waals surface area contributed by atoms with Crippen LogP contribution in [0, 0.1) is 5.82 Å². The molecule has 0 bridgehead atoms. The van der Waals surface area contributed by atoms with Crippen LogP contribution in [0.2, 0.25) is 0 Å². The SMILES string of the molecule is O=C(O)[C@@H]1CSC(c2nc3cc(F)c(O)cc3s2)=N1. The van der Waals surface area contributed by atoms with E-state index < -0.39 is 23.6 Å². The molecule has 8 heteroatoms. The number of carboxylic acids is 1. The highest BCUT2D eigenvalue weighted by Gasteiger charge is 2.27. The Labute approximate surface area is 114 Å². The van der Waals surface area contributed by atoms with Crippen LogP contribution in [0.4, 0.5) is 4.39 Å². The fourth-order valence-corrected chi connectivity index (χ4v) is 3.72. The number of fused-ring (bicyclic) bond motifs is 1. The van der Waals surface area contributed by atoms with Gasteiger partial charge in [-0.15, -0.1) is 23.1 Å². The first-order chi connectivity index (χ1) is 9.04. The topological polar surface area (TPSA) is 82.8 Å². The average Bonchev–Trinajstić information content (AvgIpc) is 2.95. The van der Waals surface area contributed by atoms with E-state index in [1.54, 1.807) is 0 Å². The summed E-state index contributed by atoms with van der Waals surface area (Å²) in [5.74, 6) is -1.74. The summed E-state index contributed by atoms with van der Waals surface area (Å²) in [5, 5.41) is 19.3.